The number of thioether (sulfide) groups is 1. The number of phenols is 1. The number of aromatic hydroxyl groups is 1. The van der Waals surface area contributed by atoms with Gasteiger partial charge in [0.1, 0.15) is 17.3 Å². The highest BCUT2D eigenvalue weighted by molar-refractivity contribution is 8.03. The minimum absolute atomic E-state index is 0.00966. The molecule has 1 unspecified atom stereocenters. The summed E-state index contributed by atoms with van der Waals surface area (Å²) in [6.07, 6.45) is 0.789. The Labute approximate surface area is 228 Å². The van der Waals surface area contributed by atoms with E-state index in [0.29, 0.717) is 16.8 Å². The Morgan fingerprint density at radius 1 is 1.05 bits per heavy atom. The standard InChI is InChI=1S/C31H35FN2O3S/c1-7-19(4)31(38-28-17-25(36)14-8-20(28)5)33-27-15-13-24(16-26(27)32)22-9-11-23(12-10-22)30(37)34-29(18(2)3)21(6)35/h8-18,29,33,35-36H,6-7H2,1-5H3,(H,34,37). The van der Waals surface area contributed by atoms with E-state index < -0.39 is 11.9 Å². The molecule has 3 rings (SSSR count). The molecule has 0 heterocycles. The number of hydrogen-bond donors (Lipinski definition) is 4. The molecule has 0 aliphatic carbocycles. The molecular weight excluding hydrogens is 499 g/mol. The number of carbonyl (C=O) groups excluding carboxylic acids is 1. The molecule has 0 spiro atoms. The molecule has 0 aliphatic heterocycles. The lowest BCUT2D eigenvalue weighted by Crippen LogP contribution is -2.39. The van der Waals surface area contributed by atoms with Crippen LogP contribution in [0, 0.1) is 18.7 Å². The van der Waals surface area contributed by atoms with Crippen molar-refractivity contribution < 1.29 is 19.4 Å². The predicted octanol–water partition coefficient (Wildman–Crippen LogP) is 8.18. The number of allylic oxidation sites excluding steroid dienone is 1. The van der Waals surface area contributed by atoms with E-state index in [-0.39, 0.29) is 23.3 Å². The minimum Gasteiger partial charge on any atom is -0.511 e. The molecule has 1 amide bonds. The van der Waals surface area contributed by atoms with Crippen molar-refractivity contribution in [3.8, 4) is 16.9 Å². The number of aliphatic hydroxyl groups excluding tert-OH is 1. The fraction of sp³-hybridized carbons (Fsp3) is 0.258. The van der Waals surface area contributed by atoms with Crippen molar-refractivity contribution in [3.05, 3.63) is 101 Å². The number of aryl methyl sites for hydroxylation is 1. The van der Waals surface area contributed by atoms with Crippen LogP contribution in [0.3, 0.4) is 0 Å². The van der Waals surface area contributed by atoms with Crippen LogP contribution in [-0.4, -0.2) is 22.2 Å². The zero-order valence-corrected chi connectivity index (χ0v) is 23.2. The Hall–Kier alpha value is -3.71. The molecule has 0 fully saturated rings. The molecule has 0 aromatic heterocycles. The summed E-state index contributed by atoms with van der Waals surface area (Å²) in [7, 11) is 0. The van der Waals surface area contributed by atoms with Crippen LogP contribution in [0.1, 0.15) is 50.0 Å². The number of hydrogen-bond acceptors (Lipinski definition) is 5. The van der Waals surface area contributed by atoms with Crippen LogP contribution < -0.4 is 10.6 Å². The Kier molecular flexibility index (Phi) is 9.64. The normalized spacial score (nSPS) is 12.6. The summed E-state index contributed by atoms with van der Waals surface area (Å²) >= 11 is 1.46. The van der Waals surface area contributed by atoms with Gasteiger partial charge in [-0.05, 0) is 84.8 Å². The van der Waals surface area contributed by atoms with E-state index in [2.05, 4.69) is 17.2 Å². The third-order valence-electron chi connectivity index (χ3n) is 6.31. The maximum absolute atomic E-state index is 15.2. The molecule has 3 aromatic rings. The third kappa shape index (κ3) is 7.19. The van der Waals surface area contributed by atoms with Crippen LogP contribution >= 0.6 is 11.8 Å². The van der Waals surface area contributed by atoms with E-state index in [9.17, 15) is 15.0 Å². The maximum Gasteiger partial charge on any atom is 0.251 e. The lowest BCUT2D eigenvalue weighted by molar-refractivity contribution is 0.0922. The Morgan fingerprint density at radius 3 is 2.29 bits per heavy atom. The first-order chi connectivity index (χ1) is 18.0. The second kappa shape index (κ2) is 12.7. The molecule has 0 radical (unpaired) electrons. The molecule has 4 N–H and O–H groups in total. The fourth-order valence-electron chi connectivity index (χ4n) is 3.78. The Morgan fingerprint density at radius 2 is 1.71 bits per heavy atom. The van der Waals surface area contributed by atoms with Gasteiger partial charge in [0.2, 0.25) is 0 Å². The second-order valence-electron chi connectivity index (χ2n) is 9.60. The summed E-state index contributed by atoms with van der Waals surface area (Å²) < 4.78 is 15.2. The summed E-state index contributed by atoms with van der Waals surface area (Å²) in [5.41, 5.74) is 4.32. The molecule has 38 heavy (non-hydrogen) atoms. The van der Waals surface area contributed by atoms with Gasteiger partial charge in [-0.25, -0.2) is 4.39 Å². The molecule has 0 aliphatic rings. The highest BCUT2D eigenvalue weighted by Crippen LogP contribution is 2.36. The Bertz CT molecular complexity index is 1350. The second-order valence-corrected chi connectivity index (χ2v) is 10.7. The zero-order valence-electron chi connectivity index (χ0n) is 22.4. The first kappa shape index (κ1) is 28.9. The van der Waals surface area contributed by atoms with Gasteiger partial charge in [-0.2, -0.15) is 0 Å². The van der Waals surface area contributed by atoms with Gasteiger partial charge < -0.3 is 20.8 Å². The van der Waals surface area contributed by atoms with Crippen LogP contribution in [0.15, 0.2) is 88.5 Å². The first-order valence-electron chi connectivity index (χ1n) is 12.5. The quantitative estimate of drug-likeness (QED) is 0.156. The molecule has 0 saturated carbocycles. The summed E-state index contributed by atoms with van der Waals surface area (Å²) in [6.45, 7) is 13.3. The molecule has 1 atom stereocenters. The Balaban J connectivity index is 1.78. The number of nitrogens with one attached hydrogen (secondary N) is 2. The number of rotatable bonds is 10. The summed E-state index contributed by atoms with van der Waals surface area (Å²) in [6, 6.07) is 16.5. The molecule has 7 heteroatoms. The highest BCUT2D eigenvalue weighted by Gasteiger charge is 2.20. The summed E-state index contributed by atoms with van der Waals surface area (Å²) in [4.78, 5) is 13.5. The van der Waals surface area contributed by atoms with E-state index in [0.717, 1.165) is 33.0 Å². The number of phenolic OH excluding ortho intramolecular Hbond substituents is 1. The van der Waals surface area contributed by atoms with Crippen molar-refractivity contribution in [1.82, 2.24) is 5.32 Å². The van der Waals surface area contributed by atoms with E-state index >= 15 is 4.39 Å². The highest BCUT2D eigenvalue weighted by atomic mass is 32.2. The largest absolute Gasteiger partial charge is 0.511 e. The van der Waals surface area contributed by atoms with E-state index in [1.807, 2.05) is 46.8 Å². The summed E-state index contributed by atoms with van der Waals surface area (Å²) in [5.74, 6) is -0.632. The molecule has 5 nitrogen and oxygen atoms in total. The lowest BCUT2D eigenvalue weighted by atomic mass is 10.0. The number of benzene rings is 3. The first-order valence-corrected chi connectivity index (χ1v) is 13.3. The van der Waals surface area contributed by atoms with Gasteiger partial charge in [-0.15, -0.1) is 0 Å². The molecule has 0 bridgehead atoms. The average molecular weight is 535 g/mol. The van der Waals surface area contributed by atoms with Crippen molar-refractivity contribution in [2.24, 2.45) is 5.92 Å². The van der Waals surface area contributed by atoms with Gasteiger partial charge in [-0.3, -0.25) is 4.79 Å². The van der Waals surface area contributed by atoms with Crippen molar-refractivity contribution in [3.63, 3.8) is 0 Å². The van der Waals surface area contributed by atoms with E-state index in [1.165, 1.54) is 17.8 Å². The van der Waals surface area contributed by atoms with Gasteiger partial charge >= 0.3 is 0 Å². The fourth-order valence-corrected chi connectivity index (χ4v) is 4.89. The molecular formula is C31H35FN2O3S. The van der Waals surface area contributed by atoms with Crippen LogP contribution in [-0.2, 0) is 0 Å². The van der Waals surface area contributed by atoms with Crippen molar-refractivity contribution >= 4 is 23.4 Å². The average Bonchev–Trinajstić information content (AvgIpc) is 2.89. The molecule has 0 saturated heterocycles. The monoisotopic (exact) mass is 534 g/mol. The van der Waals surface area contributed by atoms with Crippen LogP contribution in [0.2, 0.25) is 0 Å². The van der Waals surface area contributed by atoms with E-state index in [1.54, 1.807) is 42.5 Å². The molecule has 3 aromatic carbocycles. The minimum atomic E-state index is -0.540. The number of aliphatic hydroxyl groups is 1. The lowest BCUT2D eigenvalue weighted by Gasteiger charge is -2.21. The molecule has 200 valence electrons. The smallest absolute Gasteiger partial charge is 0.251 e. The summed E-state index contributed by atoms with van der Waals surface area (Å²) in [5, 5.41) is 26.5. The van der Waals surface area contributed by atoms with Crippen LogP contribution in [0.5, 0.6) is 5.75 Å². The topological polar surface area (TPSA) is 81.6 Å². The van der Waals surface area contributed by atoms with Gasteiger partial charge in [0.05, 0.1) is 16.8 Å². The SMILES string of the molecule is C=C(O)C(NC(=O)c1ccc(-c2ccc(NC(Sc3cc(O)ccc3C)=C(C)CC)c(F)c2)cc1)C(C)C. The zero-order chi connectivity index (χ0) is 28.0. The van der Waals surface area contributed by atoms with Gasteiger partial charge in [0.15, 0.2) is 0 Å². The number of amides is 1. The van der Waals surface area contributed by atoms with Gasteiger partial charge in [0.25, 0.3) is 5.91 Å². The van der Waals surface area contributed by atoms with Gasteiger partial charge in [-0.1, -0.05) is 63.4 Å². The van der Waals surface area contributed by atoms with Crippen molar-refractivity contribution in [2.75, 3.05) is 5.32 Å². The predicted molar refractivity (Wildman–Crippen MR) is 155 cm³/mol. The van der Waals surface area contributed by atoms with Gasteiger partial charge in [0, 0.05) is 10.5 Å². The van der Waals surface area contributed by atoms with Crippen molar-refractivity contribution in [1.29, 1.82) is 0 Å². The van der Waals surface area contributed by atoms with E-state index in [4.69, 9.17) is 0 Å². The maximum atomic E-state index is 15.2. The van der Waals surface area contributed by atoms with Crippen LogP contribution in [0.4, 0.5) is 10.1 Å². The number of anilines is 1. The number of halogens is 1. The third-order valence-corrected chi connectivity index (χ3v) is 7.63. The number of carbonyl (C=O) groups is 1. The van der Waals surface area contributed by atoms with Crippen LogP contribution in [0.25, 0.3) is 11.1 Å². The van der Waals surface area contributed by atoms with Crippen molar-refractivity contribution in [2.45, 2.75) is 52.0 Å².